The monoisotopic (exact) mass is 1030 g/mol. The van der Waals surface area contributed by atoms with Gasteiger partial charge >= 0.3 is 41.8 Å². The highest BCUT2D eigenvalue weighted by Crippen LogP contribution is 2.70. The van der Waals surface area contributed by atoms with Crippen LogP contribution in [0.4, 0.5) is 0 Å². The molecule has 20 heteroatoms. The lowest BCUT2D eigenvalue weighted by Gasteiger charge is -2.58. The maximum absolute atomic E-state index is 13.1. The van der Waals surface area contributed by atoms with Gasteiger partial charge in [0.05, 0.1) is 18.8 Å². The predicted octanol–water partition coefficient (Wildman–Crippen LogP) is 5.36. The zero-order valence-corrected chi connectivity index (χ0v) is 44.1. The first kappa shape index (κ1) is 55.0. The molecule has 0 amide bonds. The van der Waals surface area contributed by atoms with Gasteiger partial charge in [0.25, 0.3) is 0 Å². The quantitative estimate of drug-likeness (QED) is 0.128. The molecule has 8 aliphatic rings. The number of allylic oxidation sites excluding steroid dienone is 1. The molecule has 0 aromatic carbocycles. The van der Waals surface area contributed by atoms with Crippen molar-refractivity contribution < 1.29 is 95.1 Å². The number of esters is 7. The van der Waals surface area contributed by atoms with E-state index in [0.29, 0.717) is 48.3 Å². The summed E-state index contributed by atoms with van der Waals surface area (Å²) in [5, 5.41) is 0. The van der Waals surface area contributed by atoms with Gasteiger partial charge in [0, 0.05) is 60.8 Å². The van der Waals surface area contributed by atoms with Crippen LogP contribution in [0.5, 0.6) is 0 Å². The summed E-state index contributed by atoms with van der Waals surface area (Å²) in [5.74, 6) is -3.29. The molecule has 0 bridgehead atoms. The molecule has 0 aromatic heterocycles. The van der Waals surface area contributed by atoms with Gasteiger partial charge in [0.15, 0.2) is 48.9 Å². The van der Waals surface area contributed by atoms with Crippen LogP contribution in [-0.4, -0.2) is 141 Å². The molecular formula is C53H76O20. The minimum atomic E-state index is -1.79. The van der Waals surface area contributed by atoms with Crippen molar-refractivity contribution in [3.05, 3.63) is 11.6 Å². The lowest BCUT2D eigenvalue weighted by Crippen LogP contribution is -2.67. The average Bonchev–Trinajstić information content (AvgIpc) is 3.75. The fourth-order valence-corrected chi connectivity index (χ4v) is 14.5. The minimum absolute atomic E-state index is 0.0812. The van der Waals surface area contributed by atoms with Crippen LogP contribution in [0.1, 0.15) is 134 Å². The molecule has 73 heavy (non-hydrogen) atoms. The summed E-state index contributed by atoms with van der Waals surface area (Å²) in [6, 6.07) is 0. The van der Waals surface area contributed by atoms with Crippen LogP contribution in [0, 0.1) is 46.3 Å². The first-order chi connectivity index (χ1) is 34.4. The average molecular weight is 1030 g/mol. The van der Waals surface area contributed by atoms with Crippen LogP contribution >= 0.6 is 0 Å². The van der Waals surface area contributed by atoms with E-state index in [9.17, 15) is 33.6 Å². The third-order valence-corrected chi connectivity index (χ3v) is 17.5. The Bertz CT molecular complexity index is 2130. The lowest BCUT2D eigenvalue weighted by atomic mass is 9.47. The number of rotatable bonds is 13. The lowest BCUT2D eigenvalue weighted by molar-refractivity contribution is -0.364. The van der Waals surface area contributed by atoms with E-state index in [1.807, 2.05) is 0 Å². The third kappa shape index (κ3) is 11.2. The Morgan fingerprint density at radius 1 is 0.603 bits per heavy atom. The molecule has 0 N–H and O–H groups in total. The Morgan fingerprint density at radius 2 is 1.14 bits per heavy atom. The third-order valence-electron chi connectivity index (χ3n) is 17.5. The van der Waals surface area contributed by atoms with Gasteiger partial charge in [-0.2, -0.15) is 0 Å². The van der Waals surface area contributed by atoms with Crippen molar-refractivity contribution in [1.29, 1.82) is 0 Å². The summed E-state index contributed by atoms with van der Waals surface area (Å²) in [6.07, 6.45) is -4.86. The summed E-state index contributed by atoms with van der Waals surface area (Å²) in [7, 11) is 0. The van der Waals surface area contributed by atoms with Crippen LogP contribution in [0.25, 0.3) is 0 Å². The molecule has 20 nitrogen and oxygen atoms in total. The number of hydrogen-bond donors (Lipinski definition) is 0. The Hall–Kier alpha value is -4.21. The topological polar surface area (TPSA) is 239 Å². The standard InChI is InChI=1S/C53H76O20/c1-25-14-19-53(63-22-25)26(2)42-39(73-53)21-38-36-13-12-34-20-35(15-17-51(34,10)37(36)16-18-52(38,42)11)69-49-47(67-32(8)59)46(66-31(7)58)44(41(70-49)24-62-28(4)55)72-50-48(68-33(9)60)45(65-30(6)57)43(64-29(5)56)40(71-50)23-61-27(3)54/h12,25-26,35-50H,13-24H2,1-11H3/t25-,26?,35+,36-,37+,38+,39?,40-,41-,42?,43-,44-,45+,46+,47-,48-,49-,50+,51+,52+,53-/m1/s1. The van der Waals surface area contributed by atoms with E-state index in [2.05, 4.69) is 33.8 Å². The Balaban J connectivity index is 1.05. The minimum Gasteiger partial charge on any atom is -0.463 e. The van der Waals surface area contributed by atoms with E-state index in [1.54, 1.807) is 0 Å². The van der Waals surface area contributed by atoms with E-state index < -0.39 is 128 Å². The van der Waals surface area contributed by atoms with Crippen LogP contribution < -0.4 is 0 Å². The number of fused-ring (bicyclic) bond motifs is 7. The van der Waals surface area contributed by atoms with Gasteiger partial charge in [-0.05, 0) is 91.8 Å². The molecule has 4 aliphatic carbocycles. The molecule has 7 fully saturated rings. The molecule has 4 heterocycles. The van der Waals surface area contributed by atoms with E-state index in [0.717, 1.165) is 86.2 Å². The summed E-state index contributed by atoms with van der Waals surface area (Å²) in [4.78, 5) is 88.2. The smallest absolute Gasteiger partial charge is 0.303 e. The Kier molecular flexibility index (Phi) is 16.4. The maximum Gasteiger partial charge on any atom is 0.303 e. The number of carbonyl (C=O) groups excluding carboxylic acids is 7. The number of carbonyl (C=O) groups is 7. The normalized spacial score (nSPS) is 43.6. The molecule has 0 radical (unpaired) electrons. The van der Waals surface area contributed by atoms with Gasteiger partial charge in [-0.25, -0.2) is 0 Å². The summed E-state index contributed by atoms with van der Waals surface area (Å²) in [5.41, 5.74) is 1.38. The summed E-state index contributed by atoms with van der Waals surface area (Å²) < 4.78 is 79.0. The van der Waals surface area contributed by atoms with E-state index in [4.69, 9.17) is 61.6 Å². The van der Waals surface area contributed by atoms with Gasteiger partial charge < -0.3 is 61.6 Å². The fraction of sp³-hybridized carbons (Fsp3) is 0.830. The highest BCUT2D eigenvalue weighted by molar-refractivity contribution is 5.69. The van der Waals surface area contributed by atoms with Crippen molar-refractivity contribution in [3.63, 3.8) is 0 Å². The molecule has 21 atom stereocenters. The second kappa shape index (κ2) is 21.8. The van der Waals surface area contributed by atoms with Crippen LogP contribution in [0.15, 0.2) is 11.6 Å². The highest BCUT2D eigenvalue weighted by atomic mass is 16.8. The largest absolute Gasteiger partial charge is 0.463 e. The second-order valence-electron chi connectivity index (χ2n) is 22.4. The van der Waals surface area contributed by atoms with Gasteiger partial charge in [-0.15, -0.1) is 0 Å². The zero-order chi connectivity index (χ0) is 52.9. The van der Waals surface area contributed by atoms with Crippen molar-refractivity contribution in [2.75, 3.05) is 19.8 Å². The highest BCUT2D eigenvalue weighted by Gasteiger charge is 2.69. The first-order valence-corrected chi connectivity index (χ1v) is 26.2. The molecular weight excluding hydrogens is 957 g/mol. The molecule has 4 saturated heterocycles. The Morgan fingerprint density at radius 3 is 1.68 bits per heavy atom. The molecule has 408 valence electrons. The van der Waals surface area contributed by atoms with E-state index in [1.165, 1.54) is 19.4 Å². The van der Waals surface area contributed by atoms with Crippen molar-refractivity contribution in [2.45, 2.75) is 213 Å². The van der Waals surface area contributed by atoms with Gasteiger partial charge in [-0.1, -0.05) is 39.3 Å². The molecule has 1 spiro atoms. The van der Waals surface area contributed by atoms with Crippen molar-refractivity contribution in [1.82, 2.24) is 0 Å². The van der Waals surface area contributed by atoms with Crippen LogP contribution in [0.2, 0.25) is 0 Å². The van der Waals surface area contributed by atoms with Crippen molar-refractivity contribution in [3.8, 4) is 0 Å². The fourth-order valence-electron chi connectivity index (χ4n) is 14.5. The van der Waals surface area contributed by atoms with Gasteiger partial charge in [0.1, 0.15) is 31.5 Å². The summed E-state index contributed by atoms with van der Waals surface area (Å²) in [6.45, 7) is 17.1. The first-order valence-electron chi connectivity index (χ1n) is 26.2. The SMILES string of the molecule is CC(=O)OC[C@H]1O[C@@H](O[C@H]2[C@H](OC(C)=O)[C@@H](OC(C)=O)[C@H](O[C@H]3CC[C@@]4(C)C(=CC[C@@H]5[C@@H]4CC[C@]4(C)C6C(C[C@@H]54)O[C@]4(CC[C@@H](C)CO4)C6C)C3)O[C@@H]2COC(C)=O)[C@H](OC(C)=O)[C@@H](OC(C)=O)[C@@H]1OC(C)=O. The maximum atomic E-state index is 13.1. The predicted molar refractivity (Wildman–Crippen MR) is 250 cm³/mol. The molecule has 3 saturated carbocycles. The summed E-state index contributed by atoms with van der Waals surface area (Å²) >= 11 is 0. The zero-order valence-electron chi connectivity index (χ0n) is 44.1. The second-order valence-corrected chi connectivity index (χ2v) is 22.4. The number of hydrogen-bond acceptors (Lipinski definition) is 20. The molecule has 8 rings (SSSR count). The van der Waals surface area contributed by atoms with Crippen LogP contribution in [0.3, 0.4) is 0 Å². The van der Waals surface area contributed by atoms with Gasteiger partial charge in [-0.3, -0.25) is 33.6 Å². The number of ether oxygens (including phenoxy) is 13. The molecule has 4 aliphatic heterocycles. The Labute approximate surface area is 427 Å². The van der Waals surface area contributed by atoms with E-state index >= 15 is 0 Å². The van der Waals surface area contributed by atoms with Crippen molar-refractivity contribution >= 4 is 41.8 Å². The van der Waals surface area contributed by atoms with Crippen LogP contribution in [-0.2, 0) is 95.1 Å². The molecule has 0 aromatic rings. The van der Waals surface area contributed by atoms with Gasteiger partial charge in [0.2, 0.25) is 0 Å². The van der Waals surface area contributed by atoms with E-state index in [-0.39, 0.29) is 16.9 Å². The van der Waals surface area contributed by atoms with Crippen molar-refractivity contribution in [2.24, 2.45) is 46.3 Å². The molecule has 3 unspecified atom stereocenters.